The minimum atomic E-state index is -0.523. The van der Waals surface area contributed by atoms with E-state index in [1.165, 1.54) is 0 Å². The van der Waals surface area contributed by atoms with E-state index >= 15 is 0 Å². The molecule has 0 bridgehead atoms. The molecule has 2 aromatic rings. The van der Waals surface area contributed by atoms with Crippen molar-refractivity contribution >= 4 is 6.09 Å². The summed E-state index contributed by atoms with van der Waals surface area (Å²) in [7, 11) is 0. The van der Waals surface area contributed by atoms with Gasteiger partial charge in [-0.1, -0.05) is 43.2 Å². The number of benzene rings is 1. The van der Waals surface area contributed by atoms with E-state index in [1.54, 1.807) is 0 Å². The molecule has 2 atom stereocenters. The Morgan fingerprint density at radius 2 is 1.69 bits per heavy atom. The van der Waals surface area contributed by atoms with Crippen LogP contribution < -0.4 is 5.32 Å². The number of carbonyl (C=O) groups is 1. The first-order valence-corrected chi connectivity index (χ1v) is 9.04. The van der Waals surface area contributed by atoms with E-state index in [9.17, 15) is 4.79 Å². The molecular weight excluding hydrogens is 330 g/mol. The normalized spacial score (nSPS) is 20.4. The van der Waals surface area contributed by atoms with Gasteiger partial charge in [-0.05, 0) is 33.6 Å². The highest BCUT2D eigenvalue weighted by Crippen LogP contribution is 2.31. The maximum Gasteiger partial charge on any atom is 0.407 e. The summed E-state index contributed by atoms with van der Waals surface area (Å²) in [5.74, 6) is 1.08. The second-order valence-corrected chi connectivity index (χ2v) is 7.59. The number of amides is 1. The first-order chi connectivity index (χ1) is 12.4. The molecule has 7 heteroatoms. The molecule has 1 fully saturated rings. The van der Waals surface area contributed by atoms with Crippen LogP contribution in [0.4, 0.5) is 4.79 Å². The molecule has 1 aromatic heterocycles. The lowest BCUT2D eigenvalue weighted by Crippen LogP contribution is -2.44. The van der Waals surface area contributed by atoms with Gasteiger partial charge in [0.2, 0.25) is 5.82 Å². The summed E-state index contributed by atoms with van der Waals surface area (Å²) in [6, 6.07) is 9.57. The summed E-state index contributed by atoms with van der Waals surface area (Å²) in [6.45, 7) is 5.55. The zero-order chi connectivity index (χ0) is 18.6. The van der Waals surface area contributed by atoms with E-state index in [1.807, 2.05) is 51.1 Å². The standard InChI is InChI=1S/C19H25N5O2/c1-19(2,3)26-18(25)20-15-12-8-7-11-14(15)17-23-21-16(22-24-17)13-9-5-4-6-10-13/h4-6,9-10,14-15H,7-8,11-12H2,1-3H3,(H,20,25). The maximum absolute atomic E-state index is 12.1. The van der Waals surface area contributed by atoms with Crippen LogP contribution in [0.2, 0.25) is 0 Å². The van der Waals surface area contributed by atoms with Crippen LogP contribution in [0.15, 0.2) is 30.3 Å². The van der Waals surface area contributed by atoms with Crippen LogP contribution in [0, 0.1) is 0 Å². The van der Waals surface area contributed by atoms with E-state index in [4.69, 9.17) is 4.74 Å². The Morgan fingerprint density at radius 3 is 2.35 bits per heavy atom. The van der Waals surface area contributed by atoms with Crippen LogP contribution >= 0.6 is 0 Å². The predicted octanol–water partition coefficient (Wildman–Crippen LogP) is 3.48. The first-order valence-electron chi connectivity index (χ1n) is 9.04. The van der Waals surface area contributed by atoms with Gasteiger partial charge >= 0.3 is 6.09 Å². The number of nitrogens with zero attached hydrogens (tertiary/aromatic N) is 4. The number of nitrogens with one attached hydrogen (secondary N) is 1. The monoisotopic (exact) mass is 355 g/mol. The third kappa shape index (κ3) is 4.74. The van der Waals surface area contributed by atoms with Gasteiger partial charge in [0.1, 0.15) is 5.60 Å². The summed E-state index contributed by atoms with van der Waals surface area (Å²) >= 11 is 0. The molecule has 26 heavy (non-hydrogen) atoms. The Hall–Kier alpha value is -2.57. The summed E-state index contributed by atoms with van der Waals surface area (Å²) in [5, 5.41) is 20.0. The zero-order valence-electron chi connectivity index (χ0n) is 15.5. The van der Waals surface area contributed by atoms with Crippen LogP contribution in [0.25, 0.3) is 11.4 Å². The lowest BCUT2D eigenvalue weighted by Gasteiger charge is -2.31. The van der Waals surface area contributed by atoms with Gasteiger partial charge in [-0.25, -0.2) is 4.79 Å². The molecule has 1 saturated carbocycles. The van der Waals surface area contributed by atoms with Gasteiger partial charge in [0.05, 0.1) is 0 Å². The molecule has 1 aliphatic carbocycles. The van der Waals surface area contributed by atoms with Gasteiger partial charge in [-0.3, -0.25) is 0 Å². The summed E-state index contributed by atoms with van der Waals surface area (Å²) in [6.07, 6.45) is 3.49. The van der Waals surface area contributed by atoms with Gasteiger partial charge in [0, 0.05) is 17.5 Å². The number of hydrogen-bond donors (Lipinski definition) is 1. The van der Waals surface area contributed by atoms with Gasteiger partial charge in [-0.15, -0.1) is 20.4 Å². The molecule has 1 heterocycles. The molecule has 7 nitrogen and oxygen atoms in total. The van der Waals surface area contributed by atoms with Crippen molar-refractivity contribution in [1.82, 2.24) is 25.7 Å². The largest absolute Gasteiger partial charge is 0.444 e. The molecule has 138 valence electrons. The first kappa shape index (κ1) is 18.2. The number of ether oxygens (including phenoxy) is 1. The fourth-order valence-corrected chi connectivity index (χ4v) is 3.16. The van der Waals surface area contributed by atoms with Gasteiger partial charge in [0.25, 0.3) is 0 Å². The van der Waals surface area contributed by atoms with Gasteiger partial charge < -0.3 is 10.1 Å². The molecule has 0 aliphatic heterocycles. The third-order valence-electron chi connectivity index (χ3n) is 4.33. The molecule has 2 unspecified atom stereocenters. The van der Waals surface area contributed by atoms with Crippen molar-refractivity contribution in [3.8, 4) is 11.4 Å². The van der Waals surface area contributed by atoms with Gasteiger partial charge in [0.15, 0.2) is 5.82 Å². The molecule has 0 spiro atoms. The molecule has 1 amide bonds. The fourth-order valence-electron chi connectivity index (χ4n) is 3.16. The topological polar surface area (TPSA) is 89.9 Å². The molecular formula is C19H25N5O2. The molecule has 0 radical (unpaired) electrons. The lowest BCUT2D eigenvalue weighted by molar-refractivity contribution is 0.0483. The SMILES string of the molecule is CC(C)(C)OC(=O)NC1CCCCC1c1nnc(-c2ccccc2)nn1. The molecule has 1 aliphatic rings. The Bertz CT molecular complexity index is 728. The smallest absolute Gasteiger partial charge is 0.407 e. The van der Waals surface area contributed by atoms with Crippen molar-refractivity contribution < 1.29 is 9.53 Å². The summed E-state index contributed by atoms with van der Waals surface area (Å²) in [5.41, 5.74) is 0.358. The maximum atomic E-state index is 12.1. The van der Waals surface area contributed by atoms with Crippen LogP contribution in [0.3, 0.4) is 0 Å². The number of aromatic nitrogens is 4. The van der Waals surface area contributed by atoms with Gasteiger partial charge in [-0.2, -0.15) is 0 Å². The highest BCUT2D eigenvalue weighted by Gasteiger charge is 2.32. The number of rotatable bonds is 3. The quantitative estimate of drug-likeness (QED) is 0.906. The second-order valence-electron chi connectivity index (χ2n) is 7.59. The molecule has 3 rings (SSSR count). The highest BCUT2D eigenvalue weighted by molar-refractivity contribution is 5.68. The fraction of sp³-hybridized carbons (Fsp3) is 0.526. The zero-order valence-corrected chi connectivity index (χ0v) is 15.5. The molecule has 1 N–H and O–H groups in total. The summed E-state index contributed by atoms with van der Waals surface area (Å²) in [4.78, 5) is 12.1. The number of hydrogen-bond acceptors (Lipinski definition) is 6. The number of alkyl carbamates (subject to hydrolysis) is 1. The molecule has 1 aromatic carbocycles. The van der Waals surface area contributed by atoms with Crippen molar-refractivity contribution in [2.75, 3.05) is 0 Å². The van der Waals surface area contributed by atoms with Crippen molar-refractivity contribution in [3.63, 3.8) is 0 Å². The Labute approximate surface area is 153 Å². The minimum absolute atomic E-state index is 0.00101. The van der Waals surface area contributed by atoms with Crippen molar-refractivity contribution in [2.24, 2.45) is 0 Å². The lowest BCUT2D eigenvalue weighted by atomic mass is 9.84. The number of carbonyl (C=O) groups excluding carboxylic acids is 1. The van der Waals surface area contributed by atoms with Crippen LogP contribution in [-0.2, 0) is 4.74 Å². The van der Waals surface area contributed by atoms with Crippen molar-refractivity contribution in [3.05, 3.63) is 36.2 Å². The summed E-state index contributed by atoms with van der Waals surface area (Å²) < 4.78 is 5.38. The minimum Gasteiger partial charge on any atom is -0.444 e. The van der Waals surface area contributed by atoms with E-state index in [0.717, 1.165) is 31.2 Å². The Morgan fingerprint density at radius 1 is 1.04 bits per heavy atom. The van der Waals surface area contributed by atoms with Crippen LogP contribution in [0.5, 0.6) is 0 Å². The van der Waals surface area contributed by atoms with Crippen molar-refractivity contribution in [2.45, 2.75) is 64.0 Å². The average molecular weight is 355 g/mol. The van der Waals surface area contributed by atoms with E-state index < -0.39 is 11.7 Å². The average Bonchev–Trinajstić information content (AvgIpc) is 2.61. The third-order valence-corrected chi connectivity index (χ3v) is 4.33. The van der Waals surface area contributed by atoms with Crippen LogP contribution in [0.1, 0.15) is 58.2 Å². The van der Waals surface area contributed by atoms with Crippen molar-refractivity contribution in [1.29, 1.82) is 0 Å². The van der Waals surface area contributed by atoms with E-state index in [2.05, 4.69) is 25.7 Å². The highest BCUT2D eigenvalue weighted by atomic mass is 16.6. The Kier molecular flexibility index (Phi) is 5.44. The second kappa shape index (κ2) is 7.76. The molecule has 0 saturated heterocycles. The van der Waals surface area contributed by atoms with E-state index in [-0.39, 0.29) is 12.0 Å². The van der Waals surface area contributed by atoms with E-state index in [0.29, 0.717) is 11.6 Å². The van der Waals surface area contributed by atoms with Crippen LogP contribution in [-0.4, -0.2) is 38.1 Å². The predicted molar refractivity (Wildman–Crippen MR) is 97.4 cm³/mol. The Balaban J connectivity index is 1.72.